The number of aromatic nitrogens is 2. The summed E-state index contributed by atoms with van der Waals surface area (Å²) in [4.78, 5) is 0. The topological polar surface area (TPSA) is 91.0 Å². The highest BCUT2D eigenvalue weighted by atomic mass is 16.5. The smallest absolute Gasteiger partial charge is 0.195 e. The first-order chi connectivity index (χ1) is 9.24. The van der Waals surface area contributed by atoms with Crippen molar-refractivity contribution in [2.24, 2.45) is 0 Å². The predicted molar refractivity (Wildman–Crippen MR) is 74.0 cm³/mol. The average Bonchev–Trinajstić information content (AvgIpc) is 2.90. The molecule has 1 aromatic heterocycles. The van der Waals surface area contributed by atoms with Gasteiger partial charge in [-0.05, 0) is 36.4 Å². The normalized spacial score (nSPS) is 10.5. The van der Waals surface area contributed by atoms with Crippen molar-refractivity contribution in [3.05, 3.63) is 48.5 Å². The molecule has 0 fully saturated rings. The quantitative estimate of drug-likeness (QED) is 0.684. The van der Waals surface area contributed by atoms with Gasteiger partial charge in [0, 0.05) is 27.8 Å². The second-order valence-electron chi connectivity index (χ2n) is 4.19. The third-order valence-electron chi connectivity index (χ3n) is 2.85. The van der Waals surface area contributed by atoms with Crippen LogP contribution >= 0.6 is 0 Å². The lowest BCUT2D eigenvalue weighted by Gasteiger charge is -2.01. The van der Waals surface area contributed by atoms with E-state index >= 15 is 0 Å². The van der Waals surface area contributed by atoms with Crippen molar-refractivity contribution in [3.8, 4) is 22.6 Å². The largest absolute Gasteiger partial charge is 0.399 e. The third-order valence-corrected chi connectivity index (χ3v) is 2.85. The van der Waals surface area contributed by atoms with Crippen molar-refractivity contribution in [1.82, 2.24) is 10.4 Å². The van der Waals surface area contributed by atoms with Gasteiger partial charge in [0.25, 0.3) is 0 Å². The molecule has 0 saturated heterocycles. The van der Waals surface area contributed by atoms with Crippen LogP contribution < -0.4 is 11.5 Å². The first-order valence-corrected chi connectivity index (χ1v) is 5.78. The molecular weight excluding hydrogens is 240 g/mol. The van der Waals surface area contributed by atoms with Crippen molar-refractivity contribution < 1.29 is 4.52 Å². The summed E-state index contributed by atoms with van der Waals surface area (Å²) < 4.78 is 5.24. The molecule has 0 aliphatic rings. The fourth-order valence-corrected chi connectivity index (χ4v) is 1.84. The first kappa shape index (κ1) is 11.3. The fourth-order valence-electron chi connectivity index (χ4n) is 1.84. The van der Waals surface area contributed by atoms with Crippen molar-refractivity contribution in [3.63, 3.8) is 0 Å². The van der Waals surface area contributed by atoms with Crippen molar-refractivity contribution >= 4 is 11.4 Å². The lowest BCUT2D eigenvalue weighted by atomic mass is 10.1. The highest BCUT2D eigenvalue weighted by Gasteiger charge is 2.14. The van der Waals surface area contributed by atoms with Gasteiger partial charge in [0.2, 0.25) is 0 Å². The molecule has 94 valence electrons. The Hall–Kier alpha value is -2.82. The van der Waals surface area contributed by atoms with Crippen LogP contribution in [0.2, 0.25) is 0 Å². The van der Waals surface area contributed by atoms with Crippen LogP contribution in [-0.4, -0.2) is 10.4 Å². The van der Waals surface area contributed by atoms with Gasteiger partial charge in [-0.2, -0.15) is 0 Å². The zero-order valence-corrected chi connectivity index (χ0v) is 10.1. The molecule has 0 spiro atoms. The molecule has 5 nitrogen and oxygen atoms in total. The highest BCUT2D eigenvalue weighted by Crippen LogP contribution is 2.30. The Balaban J connectivity index is 2.07. The van der Waals surface area contributed by atoms with Crippen molar-refractivity contribution in [2.45, 2.75) is 0 Å². The number of anilines is 2. The van der Waals surface area contributed by atoms with Crippen LogP contribution in [0, 0.1) is 0 Å². The summed E-state index contributed by atoms with van der Waals surface area (Å²) in [5.41, 5.74) is 15.2. The summed E-state index contributed by atoms with van der Waals surface area (Å²) >= 11 is 0. The minimum Gasteiger partial charge on any atom is -0.399 e. The van der Waals surface area contributed by atoms with Crippen molar-refractivity contribution in [2.75, 3.05) is 11.5 Å². The molecule has 0 unspecified atom stereocenters. The van der Waals surface area contributed by atoms with Crippen LogP contribution in [-0.2, 0) is 0 Å². The summed E-state index contributed by atoms with van der Waals surface area (Å²) in [6, 6.07) is 14.8. The molecule has 3 aromatic rings. The van der Waals surface area contributed by atoms with E-state index in [0.29, 0.717) is 22.8 Å². The highest BCUT2D eigenvalue weighted by molar-refractivity contribution is 5.77. The SMILES string of the molecule is Nc1ccc(-c2nnoc2-c2ccc(N)cc2)cc1. The molecular formula is C14H12N4O. The van der Waals surface area contributed by atoms with E-state index in [1.807, 2.05) is 48.5 Å². The molecule has 0 bridgehead atoms. The van der Waals surface area contributed by atoms with Crippen LogP contribution in [0.1, 0.15) is 0 Å². The molecule has 4 N–H and O–H groups in total. The Kier molecular flexibility index (Phi) is 2.64. The number of hydrogen-bond donors (Lipinski definition) is 2. The number of benzene rings is 2. The van der Waals surface area contributed by atoms with Gasteiger partial charge in [-0.25, -0.2) is 0 Å². The Labute approximate surface area is 109 Å². The van der Waals surface area contributed by atoms with Crippen LogP contribution in [0.25, 0.3) is 22.6 Å². The lowest BCUT2D eigenvalue weighted by Crippen LogP contribution is -1.87. The van der Waals surface area contributed by atoms with Gasteiger partial charge in [-0.3, -0.25) is 0 Å². The Morgan fingerprint density at radius 1 is 0.737 bits per heavy atom. The van der Waals surface area contributed by atoms with E-state index in [0.717, 1.165) is 11.1 Å². The summed E-state index contributed by atoms with van der Waals surface area (Å²) in [7, 11) is 0. The Morgan fingerprint density at radius 2 is 1.26 bits per heavy atom. The molecule has 0 atom stereocenters. The van der Waals surface area contributed by atoms with Crippen LogP contribution in [0.3, 0.4) is 0 Å². The average molecular weight is 252 g/mol. The molecule has 3 rings (SSSR count). The summed E-state index contributed by atoms with van der Waals surface area (Å²) in [6.45, 7) is 0. The van der Waals surface area contributed by atoms with E-state index in [1.54, 1.807) is 0 Å². The predicted octanol–water partition coefficient (Wildman–Crippen LogP) is 2.57. The van der Waals surface area contributed by atoms with E-state index in [4.69, 9.17) is 16.0 Å². The maximum Gasteiger partial charge on any atom is 0.195 e. The number of nitrogens with two attached hydrogens (primary N) is 2. The Morgan fingerprint density at radius 3 is 1.84 bits per heavy atom. The van der Waals surface area contributed by atoms with E-state index < -0.39 is 0 Å². The van der Waals surface area contributed by atoms with Crippen LogP contribution in [0.15, 0.2) is 53.1 Å². The van der Waals surface area contributed by atoms with E-state index in [9.17, 15) is 0 Å². The van der Waals surface area contributed by atoms with Crippen LogP contribution in [0.4, 0.5) is 11.4 Å². The van der Waals surface area contributed by atoms with Gasteiger partial charge in [-0.15, -0.1) is 5.10 Å². The number of nitrogens with zero attached hydrogens (tertiary/aromatic N) is 2. The molecule has 2 aromatic carbocycles. The van der Waals surface area contributed by atoms with E-state index in [1.165, 1.54) is 0 Å². The maximum absolute atomic E-state index is 5.67. The molecule has 19 heavy (non-hydrogen) atoms. The molecule has 1 heterocycles. The Bertz CT molecular complexity index is 626. The summed E-state index contributed by atoms with van der Waals surface area (Å²) in [5.74, 6) is 0.616. The van der Waals surface area contributed by atoms with Crippen LogP contribution in [0.5, 0.6) is 0 Å². The maximum atomic E-state index is 5.67. The number of nitrogen functional groups attached to an aromatic ring is 2. The van der Waals surface area contributed by atoms with Gasteiger partial charge in [0.1, 0.15) is 5.69 Å². The second kappa shape index (κ2) is 4.45. The minimum atomic E-state index is 0.616. The monoisotopic (exact) mass is 252 g/mol. The standard InChI is InChI=1S/C14H12N4O/c15-11-5-1-9(2-6-11)13-14(19-18-17-13)10-3-7-12(16)8-4-10/h1-8H,15-16H2. The third kappa shape index (κ3) is 2.13. The second-order valence-corrected chi connectivity index (χ2v) is 4.19. The van der Waals surface area contributed by atoms with Gasteiger partial charge in [0.05, 0.1) is 0 Å². The molecule has 0 aliphatic carbocycles. The number of rotatable bonds is 2. The fraction of sp³-hybridized carbons (Fsp3) is 0. The van der Waals surface area contributed by atoms with E-state index in [2.05, 4.69) is 10.4 Å². The molecule has 5 heteroatoms. The first-order valence-electron chi connectivity index (χ1n) is 5.78. The van der Waals surface area contributed by atoms with Crippen molar-refractivity contribution in [1.29, 1.82) is 0 Å². The summed E-state index contributed by atoms with van der Waals surface area (Å²) in [6.07, 6.45) is 0. The van der Waals surface area contributed by atoms with Gasteiger partial charge < -0.3 is 16.0 Å². The molecule has 0 radical (unpaired) electrons. The zero-order valence-electron chi connectivity index (χ0n) is 10.1. The molecule has 0 saturated carbocycles. The van der Waals surface area contributed by atoms with Gasteiger partial charge in [-0.1, -0.05) is 12.1 Å². The zero-order chi connectivity index (χ0) is 13.2. The molecule has 0 amide bonds. The number of hydrogen-bond acceptors (Lipinski definition) is 5. The van der Waals surface area contributed by atoms with Gasteiger partial charge in [0.15, 0.2) is 5.76 Å². The summed E-state index contributed by atoms with van der Waals surface area (Å²) in [5, 5.41) is 7.66. The lowest BCUT2D eigenvalue weighted by molar-refractivity contribution is 0.403. The minimum absolute atomic E-state index is 0.616. The van der Waals surface area contributed by atoms with E-state index in [-0.39, 0.29) is 0 Å². The molecule has 0 aliphatic heterocycles. The van der Waals surface area contributed by atoms with Gasteiger partial charge >= 0.3 is 0 Å².